The third kappa shape index (κ3) is 2.06. The minimum absolute atomic E-state index is 0.699. The first kappa shape index (κ1) is 11.7. The Kier molecular flexibility index (Phi) is 3.26. The lowest BCUT2D eigenvalue weighted by atomic mass is 9.95. The minimum atomic E-state index is 0.699. The van der Waals surface area contributed by atoms with Gasteiger partial charge in [0.2, 0.25) is 0 Å². The number of rotatable bonds is 2. The van der Waals surface area contributed by atoms with Crippen LogP contribution in [-0.2, 0) is 0 Å². The first-order valence-corrected chi connectivity index (χ1v) is 7.59. The minimum Gasteiger partial charge on any atom is -0.294 e. The standard InChI is InChI=1S/C15H18IN/c1-2-17-12-7-8-13(17)10-11(9-12)14-5-3-4-6-15(14)16/h3-6,9,12-13H,2,7-8,10H2,1H3. The van der Waals surface area contributed by atoms with Crippen molar-refractivity contribution in [2.75, 3.05) is 6.54 Å². The van der Waals surface area contributed by atoms with E-state index < -0.39 is 0 Å². The quantitative estimate of drug-likeness (QED) is 0.738. The molecule has 0 spiro atoms. The van der Waals surface area contributed by atoms with Crippen molar-refractivity contribution in [3.8, 4) is 0 Å². The van der Waals surface area contributed by atoms with E-state index >= 15 is 0 Å². The average molecular weight is 339 g/mol. The van der Waals surface area contributed by atoms with Gasteiger partial charge in [0.1, 0.15) is 0 Å². The molecule has 2 aliphatic rings. The topological polar surface area (TPSA) is 3.24 Å². The second-order valence-electron chi connectivity index (χ2n) is 5.00. The van der Waals surface area contributed by atoms with Crippen LogP contribution in [0, 0.1) is 3.57 Å². The lowest BCUT2D eigenvalue weighted by Gasteiger charge is -2.33. The van der Waals surface area contributed by atoms with Crippen LogP contribution < -0.4 is 0 Å². The molecule has 1 saturated heterocycles. The highest BCUT2D eigenvalue weighted by atomic mass is 127. The normalized spacial score (nSPS) is 28.2. The second-order valence-corrected chi connectivity index (χ2v) is 6.17. The third-order valence-corrected chi connectivity index (χ3v) is 5.07. The molecule has 0 amide bonds. The van der Waals surface area contributed by atoms with Crippen LogP contribution in [0.1, 0.15) is 31.7 Å². The second kappa shape index (κ2) is 4.73. The van der Waals surface area contributed by atoms with Crippen molar-refractivity contribution in [1.82, 2.24) is 4.90 Å². The number of fused-ring (bicyclic) bond motifs is 2. The van der Waals surface area contributed by atoms with Gasteiger partial charge >= 0.3 is 0 Å². The third-order valence-electron chi connectivity index (χ3n) is 4.12. The van der Waals surface area contributed by atoms with Crippen molar-refractivity contribution >= 4 is 28.2 Å². The highest BCUT2D eigenvalue weighted by Crippen LogP contribution is 2.39. The van der Waals surface area contributed by atoms with Crippen LogP contribution in [0.2, 0.25) is 0 Å². The molecular weight excluding hydrogens is 321 g/mol. The van der Waals surface area contributed by atoms with Gasteiger partial charge in [-0.15, -0.1) is 0 Å². The van der Waals surface area contributed by atoms with Gasteiger partial charge in [-0.2, -0.15) is 0 Å². The molecule has 90 valence electrons. The molecule has 0 saturated carbocycles. The molecule has 0 aliphatic carbocycles. The first-order valence-electron chi connectivity index (χ1n) is 6.51. The highest BCUT2D eigenvalue weighted by molar-refractivity contribution is 14.1. The summed E-state index contributed by atoms with van der Waals surface area (Å²) in [4.78, 5) is 2.67. The molecule has 0 N–H and O–H groups in total. The molecule has 0 radical (unpaired) electrons. The smallest absolute Gasteiger partial charge is 0.0287 e. The fraction of sp³-hybridized carbons (Fsp3) is 0.467. The number of benzene rings is 1. The summed E-state index contributed by atoms with van der Waals surface area (Å²) in [6.07, 6.45) is 6.49. The summed E-state index contributed by atoms with van der Waals surface area (Å²) in [5.74, 6) is 0. The predicted molar refractivity (Wildman–Crippen MR) is 80.9 cm³/mol. The lowest BCUT2D eigenvalue weighted by Crippen LogP contribution is -2.38. The van der Waals surface area contributed by atoms with Crippen molar-refractivity contribution in [1.29, 1.82) is 0 Å². The Hall–Kier alpha value is -0.350. The van der Waals surface area contributed by atoms with E-state index in [9.17, 15) is 0 Å². The van der Waals surface area contributed by atoms with Crippen molar-refractivity contribution in [3.63, 3.8) is 0 Å². The fourth-order valence-electron chi connectivity index (χ4n) is 3.33. The van der Waals surface area contributed by atoms with Crippen molar-refractivity contribution < 1.29 is 0 Å². The molecule has 2 aliphatic heterocycles. The van der Waals surface area contributed by atoms with E-state index in [-0.39, 0.29) is 0 Å². The fourth-order valence-corrected chi connectivity index (χ4v) is 4.07. The summed E-state index contributed by atoms with van der Waals surface area (Å²) < 4.78 is 1.39. The van der Waals surface area contributed by atoms with Crippen LogP contribution in [0.25, 0.3) is 5.57 Å². The molecule has 2 atom stereocenters. The van der Waals surface area contributed by atoms with Crippen molar-refractivity contribution in [3.05, 3.63) is 39.5 Å². The zero-order chi connectivity index (χ0) is 11.8. The van der Waals surface area contributed by atoms with Gasteiger partial charge in [0.25, 0.3) is 0 Å². The zero-order valence-corrected chi connectivity index (χ0v) is 12.4. The zero-order valence-electron chi connectivity index (χ0n) is 10.2. The summed E-state index contributed by atoms with van der Waals surface area (Å²) in [7, 11) is 0. The molecule has 0 aromatic heterocycles. The van der Waals surface area contributed by atoms with Crippen molar-refractivity contribution in [2.24, 2.45) is 0 Å². The van der Waals surface area contributed by atoms with Gasteiger partial charge in [-0.05, 0) is 65.6 Å². The number of nitrogens with zero attached hydrogens (tertiary/aromatic N) is 1. The van der Waals surface area contributed by atoms with Crippen LogP contribution >= 0.6 is 22.6 Å². The molecule has 2 unspecified atom stereocenters. The highest BCUT2D eigenvalue weighted by Gasteiger charge is 2.35. The Morgan fingerprint density at radius 1 is 1.29 bits per heavy atom. The predicted octanol–water partition coefficient (Wildman–Crippen LogP) is 3.93. The van der Waals surface area contributed by atoms with Gasteiger partial charge < -0.3 is 0 Å². The maximum atomic E-state index is 2.67. The van der Waals surface area contributed by atoms with Gasteiger partial charge in [-0.3, -0.25) is 4.90 Å². The number of hydrogen-bond donors (Lipinski definition) is 0. The van der Waals surface area contributed by atoms with E-state index in [0.717, 1.165) is 6.04 Å². The van der Waals surface area contributed by atoms with E-state index in [1.165, 1.54) is 34.9 Å². The van der Waals surface area contributed by atoms with Crippen LogP contribution in [0.5, 0.6) is 0 Å². The molecule has 2 heterocycles. The maximum absolute atomic E-state index is 2.67. The molecule has 1 nitrogen and oxygen atoms in total. The van der Waals surface area contributed by atoms with Gasteiger partial charge in [-0.1, -0.05) is 31.2 Å². The van der Waals surface area contributed by atoms with Crippen LogP contribution in [0.3, 0.4) is 0 Å². The molecule has 2 heteroatoms. The van der Waals surface area contributed by atoms with E-state index in [0.29, 0.717) is 6.04 Å². The first-order chi connectivity index (χ1) is 8.29. The Morgan fingerprint density at radius 2 is 2.12 bits per heavy atom. The van der Waals surface area contributed by atoms with E-state index in [1.807, 2.05) is 0 Å². The monoisotopic (exact) mass is 339 g/mol. The largest absolute Gasteiger partial charge is 0.294 e. The van der Waals surface area contributed by atoms with Gasteiger partial charge in [0.15, 0.2) is 0 Å². The lowest BCUT2D eigenvalue weighted by molar-refractivity contribution is 0.224. The van der Waals surface area contributed by atoms with Gasteiger partial charge in [-0.25, -0.2) is 0 Å². The van der Waals surface area contributed by atoms with E-state index in [2.05, 4.69) is 64.8 Å². The molecule has 17 heavy (non-hydrogen) atoms. The summed E-state index contributed by atoms with van der Waals surface area (Å²) >= 11 is 2.46. The molecule has 1 aromatic rings. The molecule has 2 bridgehead atoms. The summed E-state index contributed by atoms with van der Waals surface area (Å²) in [5.41, 5.74) is 3.04. The SMILES string of the molecule is CCN1C2C=C(c3ccccc3I)CC1CC2. The maximum Gasteiger partial charge on any atom is 0.0287 e. The Morgan fingerprint density at radius 3 is 2.82 bits per heavy atom. The molecule has 1 fully saturated rings. The number of likely N-dealkylation sites (N-methyl/N-ethyl adjacent to an activating group) is 1. The summed E-state index contributed by atoms with van der Waals surface area (Å²) in [5, 5.41) is 0. The molecule has 3 rings (SSSR count). The van der Waals surface area contributed by atoms with Crippen LogP contribution in [0.15, 0.2) is 30.3 Å². The average Bonchev–Trinajstić information content (AvgIpc) is 2.59. The van der Waals surface area contributed by atoms with E-state index in [4.69, 9.17) is 0 Å². The van der Waals surface area contributed by atoms with Gasteiger partial charge in [0, 0.05) is 15.7 Å². The molecular formula is C15H18IN. The number of halogens is 1. The summed E-state index contributed by atoms with van der Waals surface area (Å²) in [6.45, 7) is 3.49. The van der Waals surface area contributed by atoms with Crippen LogP contribution in [-0.4, -0.2) is 23.5 Å². The molecule has 1 aromatic carbocycles. The van der Waals surface area contributed by atoms with E-state index in [1.54, 1.807) is 5.57 Å². The van der Waals surface area contributed by atoms with Crippen LogP contribution in [0.4, 0.5) is 0 Å². The summed E-state index contributed by atoms with van der Waals surface area (Å²) in [6, 6.07) is 10.3. The Bertz CT molecular complexity index is 452. The van der Waals surface area contributed by atoms with Gasteiger partial charge in [0.05, 0.1) is 0 Å². The van der Waals surface area contributed by atoms with Crippen molar-refractivity contribution in [2.45, 2.75) is 38.3 Å². The Labute approximate surface area is 117 Å². The number of hydrogen-bond acceptors (Lipinski definition) is 1. The Balaban J connectivity index is 1.95.